The molecule has 0 radical (unpaired) electrons. The molecule has 0 heterocycles. The lowest BCUT2D eigenvalue weighted by Gasteiger charge is -2.15. The second-order valence-corrected chi connectivity index (χ2v) is 5.36. The number of ether oxygens (including phenoxy) is 2. The average Bonchev–Trinajstić information content (AvgIpc) is 2.55. The highest BCUT2D eigenvalue weighted by molar-refractivity contribution is 5.95. The van der Waals surface area contributed by atoms with Crippen molar-refractivity contribution in [2.24, 2.45) is 0 Å². The van der Waals surface area contributed by atoms with Gasteiger partial charge in [-0.2, -0.15) is 0 Å². The van der Waals surface area contributed by atoms with Crippen LogP contribution in [0.3, 0.4) is 0 Å². The number of hydrogen-bond donors (Lipinski definition) is 1. The Morgan fingerprint density at radius 3 is 2.46 bits per heavy atom. The van der Waals surface area contributed by atoms with Gasteiger partial charge in [0.1, 0.15) is 5.75 Å². The quantitative estimate of drug-likeness (QED) is 0.824. The Morgan fingerprint density at radius 2 is 1.83 bits per heavy atom. The number of benzene rings is 2. The van der Waals surface area contributed by atoms with Crippen LogP contribution in [-0.4, -0.2) is 24.6 Å². The number of carbonyl (C=O) groups is 2. The SMILES string of the molecule is CCOC(=O)c1ccc(NC(=O)C(C)Oc2cccc(C)c2)cc1. The van der Waals surface area contributed by atoms with Crippen LogP contribution < -0.4 is 10.1 Å². The third-order valence-corrected chi connectivity index (χ3v) is 3.34. The number of aryl methyl sites for hydroxylation is 1. The van der Waals surface area contributed by atoms with Gasteiger partial charge in [0, 0.05) is 5.69 Å². The van der Waals surface area contributed by atoms with Crippen LogP contribution in [0, 0.1) is 6.92 Å². The summed E-state index contributed by atoms with van der Waals surface area (Å²) in [5.41, 5.74) is 2.10. The van der Waals surface area contributed by atoms with E-state index in [1.807, 2.05) is 31.2 Å². The number of rotatable bonds is 6. The normalized spacial score (nSPS) is 11.5. The van der Waals surface area contributed by atoms with Crippen molar-refractivity contribution in [2.75, 3.05) is 11.9 Å². The highest BCUT2D eigenvalue weighted by Crippen LogP contribution is 2.16. The summed E-state index contributed by atoms with van der Waals surface area (Å²) in [6.07, 6.45) is -0.642. The molecular formula is C19H21NO4. The van der Waals surface area contributed by atoms with Gasteiger partial charge >= 0.3 is 5.97 Å². The minimum atomic E-state index is -0.642. The molecule has 0 saturated carbocycles. The molecule has 1 atom stereocenters. The van der Waals surface area contributed by atoms with Gasteiger partial charge in [-0.15, -0.1) is 0 Å². The second-order valence-electron chi connectivity index (χ2n) is 5.36. The molecule has 1 unspecified atom stereocenters. The molecule has 126 valence electrons. The molecule has 0 aliphatic heterocycles. The van der Waals surface area contributed by atoms with Crippen LogP contribution in [0.2, 0.25) is 0 Å². The summed E-state index contributed by atoms with van der Waals surface area (Å²) in [5.74, 6) is 0.00206. The number of hydrogen-bond acceptors (Lipinski definition) is 4. The molecule has 0 aliphatic rings. The first-order chi connectivity index (χ1) is 11.5. The lowest BCUT2D eigenvalue weighted by atomic mass is 10.2. The lowest BCUT2D eigenvalue weighted by Crippen LogP contribution is -2.30. The molecular weight excluding hydrogens is 306 g/mol. The van der Waals surface area contributed by atoms with E-state index in [1.54, 1.807) is 38.1 Å². The standard InChI is InChI=1S/C19H21NO4/c1-4-23-19(22)15-8-10-16(11-9-15)20-18(21)14(3)24-17-7-5-6-13(2)12-17/h5-12,14H,4H2,1-3H3,(H,20,21). The van der Waals surface area contributed by atoms with E-state index in [9.17, 15) is 9.59 Å². The van der Waals surface area contributed by atoms with Crippen molar-refractivity contribution >= 4 is 17.6 Å². The predicted molar refractivity (Wildman–Crippen MR) is 92.3 cm³/mol. The topological polar surface area (TPSA) is 64.6 Å². The highest BCUT2D eigenvalue weighted by atomic mass is 16.5. The van der Waals surface area contributed by atoms with E-state index in [0.717, 1.165) is 5.56 Å². The third-order valence-electron chi connectivity index (χ3n) is 3.34. The Hall–Kier alpha value is -2.82. The molecule has 5 nitrogen and oxygen atoms in total. The first-order valence-corrected chi connectivity index (χ1v) is 7.81. The zero-order chi connectivity index (χ0) is 17.5. The summed E-state index contributed by atoms with van der Waals surface area (Å²) < 4.78 is 10.6. The molecule has 0 spiro atoms. The van der Waals surface area contributed by atoms with E-state index in [1.165, 1.54) is 0 Å². The van der Waals surface area contributed by atoms with Crippen LogP contribution in [0.4, 0.5) is 5.69 Å². The monoisotopic (exact) mass is 327 g/mol. The van der Waals surface area contributed by atoms with Gasteiger partial charge < -0.3 is 14.8 Å². The second kappa shape index (κ2) is 8.15. The maximum atomic E-state index is 12.2. The Labute approximate surface area is 141 Å². The number of esters is 1. The molecule has 2 aromatic rings. The van der Waals surface area contributed by atoms with Crippen molar-refractivity contribution in [3.05, 3.63) is 59.7 Å². The summed E-state index contributed by atoms with van der Waals surface area (Å²) in [6.45, 7) is 5.72. The van der Waals surface area contributed by atoms with E-state index in [4.69, 9.17) is 9.47 Å². The Kier molecular flexibility index (Phi) is 5.95. The van der Waals surface area contributed by atoms with E-state index in [2.05, 4.69) is 5.32 Å². The zero-order valence-electron chi connectivity index (χ0n) is 14.0. The smallest absolute Gasteiger partial charge is 0.338 e. The maximum absolute atomic E-state index is 12.2. The molecule has 2 aromatic carbocycles. The van der Waals surface area contributed by atoms with Gasteiger partial charge in [-0.25, -0.2) is 4.79 Å². The number of nitrogens with one attached hydrogen (secondary N) is 1. The van der Waals surface area contributed by atoms with Crippen LogP contribution >= 0.6 is 0 Å². The average molecular weight is 327 g/mol. The van der Waals surface area contributed by atoms with E-state index < -0.39 is 6.10 Å². The van der Waals surface area contributed by atoms with Gasteiger partial charge in [0.2, 0.25) is 0 Å². The summed E-state index contributed by atoms with van der Waals surface area (Å²) >= 11 is 0. The summed E-state index contributed by atoms with van der Waals surface area (Å²) in [5, 5.41) is 2.76. The first-order valence-electron chi connectivity index (χ1n) is 7.81. The molecule has 24 heavy (non-hydrogen) atoms. The van der Waals surface area contributed by atoms with Crippen molar-refractivity contribution < 1.29 is 19.1 Å². The van der Waals surface area contributed by atoms with E-state index in [0.29, 0.717) is 23.6 Å². The lowest BCUT2D eigenvalue weighted by molar-refractivity contribution is -0.122. The van der Waals surface area contributed by atoms with Crippen LogP contribution in [0.25, 0.3) is 0 Å². The molecule has 2 rings (SSSR count). The fourth-order valence-corrected chi connectivity index (χ4v) is 2.09. The van der Waals surface area contributed by atoms with Crippen molar-refractivity contribution in [2.45, 2.75) is 26.9 Å². The van der Waals surface area contributed by atoms with Crippen LogP contribution in [-0.2, 0) is 9.53 Å². The summed E-state index contributed by atoms with van der Waals surface area (Å²) in [6, 6.07) is 14.1. The minimum Gasteiger partial charge on any atom is -0.481 e. The van der Waals surface area contributed by atoms with Crippen molar-refractivity contribution in [3.63, 3.8) is 0 Å². The maximum Gasteiger partial charge on any atom is 0.338 e. The molecule has 1 amide bonds. The van der Waals surface area contributed by atoms with Crippen LogP contribution in [0.15, 0.2) is 48.5 Å². The molecule has 0 fully saturated rings. The molecule has 0 bridgehead atoms. The van der Waals surface area contributed by atoms with Crippen LogP contribution in [0.1, 0.15) is 29.8 Å². The molecule has 1 N–H and O–H groups in total. The van der Waals surface area contributed by atoms with Gasteiger partial charge in [-0.05, 0) is 62.7 Å². The molecule has 5 heteroatoms. The van der Waals surface area contributed by atoms with Gasteiger partial charge in [-0.3, -0.25) is 4.79 Å². The fourth-order valence-electron chi connectivity index (χ4n) is 2.09. The van der Waals surface area contributed by atoms with Crippen molar-refractivity contribution in [1.82, 2.24) is 0 Å². The third kappa shape index (κ3) is 4.84. The first kappa shape index (κ1) is 17.5. The van der Waals surface area contributed by atoms with Crippen LogP contribution in [0.5, 0.6) is 5.75 Å². The highest BCUT2D eigenvalue weighted by Gasteiger charge is 2.15. The predicted octanol–water partition coefficient (Wildman–Crippen LogP) is 3.58. The van der Waals surface area contributed by atoms with E-state index >= 15 is 0 Å². The summed E-state index contributed by atoms with van der Waals surface area (Å²) in [4.78, 5) is 23.8. The Morgan fingerprint density at radius 1 is 1.12 bits per heavy atom. The molecule has 0 aromatic heterocycles. The summed E-state index contributed by atoms with van der Waals surface area (Å²) in [7, 11) is 0. The molecule has 0 aliphatic carbocycles. The minimum absolute atomic E-state index is 0.264. The largest absolute Gasteiger partial charge is 0.481 e. The van der Waals surface area contributed by atoms with Crippen molar-refractivity contribution in [3.8, 4) is 5.75 Å². The van der Waals surface area contributed by atoms with E-state index in [-0.39, 0.29) is 11.9 Å². The van der Waals surface area contributed by atoms with Gasteiger partial charge in [-0.1, -0.05) is 12.1 Å². The number of amides is 1. The van der Waals surface area contributed by atoms with Gasteiger partial charge in [0.25, 0.3) is 5.91 Å². The van der Waals surface area contributed by atoms with Crippen molar-refractivity contribution in [1.29, 1.82) is 0 Å². The number of carbonyl (C=O) groups excluding carboxylic acids is 2. The number of anilines is 1. The Balaban J connectivity index is 1.94. The van der Waals surface area contributed by atoms with Gasteiger partial charge in [0.15, 0.2) is 6.10 Å². The fraction of sp³-hybridized carbons (Fsp3) is 0.263. The van der Waals surface area contributed by atoms with Gasteiger partial charge in [0.05, 0.1) is 12.2 Å². The molecule has 0 saturated heterocycles. The Bertz CT molecular complexity index is 710. The zero-order valence-corrected chi connectivity index (χ0v) is 14.0.